The normalized spacial score (nSPS) is 11.5. The summed E-state index contributed by atoms with van der Waals surface area (Å²) in [4.78, 5) is 27.4. The van der Waals surface area contributed by atoms with Crippen LogP contribution in [-0.4, -0.2) is 28.2 Å². The van der Waals surface area contributed by atoms with Crippen molar-refractivity contribution in [3.63, 3.8) is 0 Å². The van der Waals surface area contributed by atoms with E-state index in [9.17, 15) is 22.8 Å². The van der Waals surface area contributed by atoms with Gasteiger partial charge in [0.2, 0.25) is 15.6 Å². The van der Waals surface area contributed by atoms with Crippen molar-refractivity contribution >= 4 is 33.3 Å². The van der Waals surface area contributed by atoms with Crippen molar-refractivity contribution in [2.45, 2.75) is 6.18 Å². The van der Waals surface area contributed by atoms with E-state index in [0.717, 1.165) is 0 Å². The van der Waals surface area contributed by atoms with Gasteiger partial charge in [0.25, 0.3) is 5.91 Å². The van der Waals surface area contributed by atoms with Crippen LogP contribution in [0, 0.1) is 0 Å². The number of ether oxygens (including phenoxy) is 1. The molecule has 0 unspecified atom stereocenters. The van der Waals surface area contributed by atoms with Crippen molar-refractivity contribution in [3.05, 3.63) is 45.2 Å². The predicted octanol–water partition coefficient (Wildman–Crippen LogP) is 2.66. The van der Waals surface area contributed by atoms with Crippen molar-refractivity contribution in [2.75, 3.05) is 12.4 Å². The minimum Gasteiger partial charge on any atom is -0.497 e. The fourth-order valence-corrected chi connectivity index (χ4v) is 2.65. The van der Waals surface area contributed by atoms with Crippen LogP contribution in [0.5, 0.6) is 5.75 Å². The molecule has 0 atom stereocenters. The van der Waals surface area contributed by atoms with Crippen LogP contribution < -0.4 is 15.5 Å². The van der Waals surface area contributed by atoms with Gasteiger partial charge in [-0.1, -0.05) is 11.3 Å². The van der Waals surface area contributed by atoms with E-state index >= 15 is 0 Å². The average molecular weight is 370 g/mol. The SMILES string of the molecule is COc1ccc2[nH]cc(C(=O)Nc3nnc(C(F)(F)F)s3)c(=O)c2c1. The van der Waals surface area contributed by atoms with Crippen molar-refractivity contribution < 1.29 is 22.7 Å². The van der Waals surface area contributed by atoms with Gasteiger partial charge in [-0.15, -0.1) is 10.2 Å². The van der Waals surface area contributed by atoms with Gasteiger partial charge < -0.3 is 9.72 Å². The molecular weight excluding hydrogens is 361 g/mol. The van der Waals surface area contributed by atoms with Crippen LogP contribution in [0.15, 0.2) is 29.2 Å². The Morgan fingerprint density at radius 2 is 2.08 bits per heavy atom. The second-order valence-electron chi connectivity index (χ2n) is 4.81. The summed E-state index contributed by atoms with van der Waals surface area (Å²) in [5, 5.41) is 7.00. The topological polar surface area (TPSA) is 97.0 Å². The third kappa shape index (κ3) is 3.31. The third-order valence-electron chi connectivity index (χ3n) is 3.22. The molecule has 3 aromatic rings. The Balaban J connectivity index is 1.93. The first kappa shape index (κ1) is 16.9. The molecule has 0 fully saturated rings. The molecule has 2 aromatic heterocycles. The number of anilines is 1. The van der Waals surface area contributed by atoms with E-state index in [1.807, 2.05) is 0 Å². The number of nitrogens with one attached hydrogen (secondary N) is 2. The fraction of sp³-hybridized carbons (Fsp3) is 0.143. The number of pyridine rings is 1. The summed E-state index contributed by atoms with van der Waals surface area (Å²) < 4.78 is 42.5. The first-order valence-electron chi connectivity index (χ1n) is 6.71. The lowest BCUT2D eigenvalue weighted by atomic mass is 10.1. The van der Waals surface area contributed by atoms with Crippen molar-refractivity contribution in [3.8, 4) is 5.75 Å². The Hall–Kier alpha value is -2.95. The zero-order chi connectivity index (χ0) is 18.2. The Morgan fingerprint density at radius 3 is 2.72 bits per heavy atom. The van der Waals surface area contributed by atoms with E-state index in [1.165, 1.54) is 19.4 Å². The standard InChI is InChI=1S/C14H9F3N4O3S/c1-24-6-2-3-9-7(4-6)10(22)8(5-18-9)11(23)19-13-21-20-12(25-13)14(15,16)17/h2-5H,1H3,(H,18,22)(H,19,21,23). The van der Waals surface area contributed by atoms with Gasteiger partial charge in [0.15, 0.2) is 0 Å². The van der Waals surface area contributed by atoms with Crippen molar-refractivity contribution in [1.29, 1.82) is 0 Å². The Kier molecular flexibility index (Phi) is 4.17. The van der Waals surface area contributed by atoms with Crippen LogP contribution in [0.2, 0.25) is 0 Å². The summed E-state index contributed by atoms with van der Waals surface area (Å²) in [6.07, 6.45) is -3.48. The molecule has 0 aliphatic rings. The van der Waals surface area contributed by atoms with E-state index in [2.05, 4.69) is 20.5 Å². The molecule has 7 nitrogen and oxygen atoms in total. The van der Waals surface area contributed by atoms with Gasteiger partial charge in [-0.3, -0.25) is 14.9 Å². The molecule has 0 aliphatic carbocycles. The summed E-state index contributed by atoms with van der Waals surface area (Å²) in [5.41, 5.74) is -0.382. The minimum absolute atomic E-state index is 0.167. The molecule has 1 amide bonds. The van der Waals surface area contributed by atoms with Gasteiger partial charge in [-0.25, -0.2) is 0 Å². The van der Waals surface area contributed by atoms with Crippen LogP contribution in [-0.2, 0) is 6.18 Å². The Morgan fingerprint density at radius 1 is 1.32 bits per heavy atom. The largest absolute Gasteiger partial charge is 0.497 e. The second-order valence-corrected chi connectivity index (χ2v) is 5.78. The number of aromatic amines is 1. The molecule has 2 heterocycles. The van der Waals surface area contributed by atoms with Gasteiger partial charge in [-0.2, -0.15) is 13.2 Å². The number of methoxy groups -OCH3 is 1. The predicted molar refractivity (Wildman–Crippen MR) is 84.0 cm³/mol. The highest BCUT2D eigenvalue weighted by Crippen LogP contribution is 2.33. The highest BCUT2D eigenvalue weighted by molar-refractivity contribution is 7.15. The molecule has 0 bridgehead atoms. The molecular formula is C14H9F3N4O3S. The van der Waals surface area contributed by atoms with E-state index in [1.54, 1.807) is 12.1 Å². The first-order valence-corrected chi connectivity index (χ1v) is 7.52. The quantitative estimate of drug-likeness (QED) is 0.739. The Labute approximate surface area is 141 Å². The van der Waals surface area contributed by atoms with Crippen molar-refractivity contribution in [1.82, 2.24) is 15.2 Å². The third-order valence-corrected chi connectivity index (χ3v) is 4.10. The highest BCUT2D eigenvalue weighted by atomic mass is 32.1. The number of carbonyl (C=O) groups excluding carboxylic acids is 1. The van der Waals surface area contributed by atoms with Crippen LogP contribution in [0.4, 0.5) is 18.3 Å². The Bertz CT molecular complexity index is 1010. The maximum Gasteiger partial charge on any atom is 0.445 e. The smallest absolute Gasteiger partial charge is 0.445 e. The molecule has 0 radical (unpaired) electrons. The summed E-state index contributed by atoms with van der Waals surface area (Å²) in [5.74, 6) is -0.467. The number of nitrogens with zero attached hydrogens (tertiary/aromatic N) is 2. The lowest BCUT2D eigenvalue weighted by molar-refractivity contribution is -0.138. The minimum atomic E-state index is -4.66. The molecule has 0 saturated carbocycles. The monoisotopic (exact) mass is 370 g/mol. The summed E-state index contributed by atoms with van der Waals surface area (Å²) in [6.45, 7) is 0. The summed E-state index contributed by atoms with van der Waals surface area (Å²) in [6, 6.07) is 4.70. The molecule has 0 aliphatic heterocycles. The van der Waals surface area contributed by atoms with Gasteiger partial charge in [-0.05, 0) is 18.2 Å². The number of hydrogen-bond acceptors (Lipinski definition) is 6. The van der Waals surface area contributed by atoms with E-state index in [4.69, 9.17) is 4.74 Å². The zero-order valence-corrected chi connectivity index (χ0v) is 13.3. The molecule has 25 heavy (non-hydrogen) atoms. The molecule has 130 valence electrons. The van der Waals surface area contributed by atoms with Gasteiger partial charge in [0.1, 0.15) is 11.3 Å². The number of amides is 1. The molecule has 2 N–H and O–H groups in total. The summed E-state index contributed by atoms with van der Waals surface area (Å²) in [7, 11) is 1.43. The van der Waals surface area contributed by atoms with Crippen LogP contribution in [0.25, 0.3) is 10.9 Å². The number of benzene rings is 1. The lowest BCUT2D eigenvalue weighted by Crippen LogP contribution is -2.21. The maximum atomic E-state index is 12.5. The van der Waals surface area contributed by atoms with Crippen molar-refractivity contribution in [2.24, 2.45) is 0 Å². The lowest BCUT2D eigenvalue weighted by Gasteiger charge is -2.05. The number of fused-ring (bicyclic) bond motifs is 1. The zero-order valence-electron chi connectivity index (χ0n) is 12.5. The van der Waals surface area contributed by atoms with Gasteiger partial charge >= 0.3 is 6.18 Å². The number of H-pyrrole nitrogens is 1. The van der Waals surface area contributed by atoms with E-state index in [-0.39, 0.29) is 27.4 Å². The van der Waals surface area contributed by atoms with Crippen LogP contribution >= 0.6 is 11.3 Å². The molecule has 11 heteroatoms. The average Bonchev–Trinajstić information content (AvgIpc) is 3.03. The van der Waals surface area contributed by atoms with Gasteiger partial charge in [0.05, 0.1) is 7.11 Å². The highest BCUT2D eigenvalue weighted by Gasteiger charge is 2.35. The number of rotatable bonds is 3. The van der Waals surface area contributed by atoms with Crippen LogP contribution in [0.1, 0.15) is 15.4 Å². The first-order chi connectivity index (χ1) is 11.8. The van der Waals surface area contributed by atoms with E-state index in [0.29, 0.717) is 11.3 Å². The number of halogens is 3. The summed E-state index contributed by atoms with van der Waals surface area (Å²) >= 11 is 0.167. The maximum absolute atomic E-state index is 12.5. The van der Waals surface area contributed by atoms with Gasteiger partial charge in [0, 0.05) is 17.1 Å². The van der Waals surface area contributed by atoms with E-state index < -0.39 is 22.5 Å². The molecule has 0 spiro atoms. The van der Waals surface area contributed by atoms with Crippen LogP contribution in [0.3, 0.4) is 0 Å². The number of alkyl halides is 3. The fourth-order valence-electron chi connectivity index (χ4n) is 2.05. The number of carbonyl (C=O) groups is 1. The molecule has 1 aromatic carbocycles. The second kappa shape index (κ2) is 6.16. The molecule has 3 rings (SSSR count). The number of hydrogen-bond donors (Lipinski definition) is 2. The number of aromatic nitrogens is 3. The molecule has 0 saturated heterocycles.